The number of halogens is 2. The van der Waals surface area contributed by atoms with Gasteiger partial charge >= 0.3 is 0 Å². The molecule has 0 saturated heterocycles. The zero-order chi connectivity index (χ0) is 24.9. The molecule has 0 atom stereocenters. The summed E-state index contributed by atoms with van der Waals surface area (Å²) in [5.74, 6) is 0.276. The molecule has 6 heteroatoms. The van der Waals surface area contributed by atoms with Crippen molar-refractivity contribution in [1.29, 1.82) is 5.26 Å². The number of nitriles is 1. The van der Waals surface area contributed by atoms with Crippen molar-refractivity contribution in [3.63, 3.8) is 0 Å². The van der Waals surface area contributed by atoms with Crippen LogP contribution in [0.15, 0.2) is 82.8 Å². The third-order valence-corrected chi connectivity index (χ3v) is 6.93. The number of amides is 1. The highest BCUT2D eigenvalue weighted by atomic mass is 127. The first-order valence-corrected chi connectivity index (χ1v) is 12.8. The van der Waals surface area contributed by atoms with E-state index in [0.717, 1.165) is 30.3 Å². The second kappa shape index (κ2) is 11.1. The number of nitrogens with zero attached hydrogens (tertiary/aromatic N) is 1. The van der Waals surface area contributed by atoms with Crippen LogP contribution in [0.5, 0.6) is 5.75 Å². The van der Waals surface area contributed by atoms with Gasteiger partial charge in [0.25, 0.3) is 5.91 Å². The predicted octanol–water partition coefficient (Wildman–Crippen LogP) is 7.95. The average molecular weight is 637 g/mol. The van der Waals surface area contributed by atoms with E-state index in [1.165, 1.54) is 10.8 Å². The normalized spacial score (nSPS) is 11.2. The number of fused-ring (bicyclic) bond motifs is 1. The van der Waals surface area contributed by atoms with E-state index >= 15 is 0 Å². The van der Waals surface area contributed by atoms with E-state index in [1.807, 2.05) is 62.4 Å². The molecule has 0 aliphatic carbocycles. The number of hydrogen-bond donors (Lipinski definition) is 1. The summed E-state index contributed by atoms with van der Waals surface area (Å²) >= 11 is 5.79. The fourth-order valence-electron chi connectivity index (χ4n) is 3.66. The van der Waals surface area contributed by atoms with Crippen LogP contribution in [0.1, 0.15) is 22.3 Å². The first-order valence-electron chi connectivity index (χ1n) is 10.9. The summed E-state index contributed by atoms with van der Waals surface area (Å²) in [7, 11) is 0. The molecule has 0 unspecified atom stereocenters. The molecule has 4 rings (SSSR count). The second-order valence-electron chi connectivity index (χ2n) is 8.23. The zero-order valence-electron chi connectivity index (χ0n) is 19.2. The predicted molar refractivity (Wildman–Crippen MR) is 153 cm³/mol. The van der Waals surface area contributed by atoms with Gasteiger partial charge in [0.2, 0.25) is 0 Å². The van der Waals surface area contributed by atoms with E-state index in [9.17, 15) is 10.1 Å². The molecule has 0 radical (unpaired) electrons. The van der Waals surface area contributed by atoms with Gasteiger partial charge in [0.15, 0.2) is 0 Å². The largest absolute Gasteiger partial charge is 0.487 e. The van der Waals surface area contributed by atoms with Crippen molar-refractivity contribution in [2.24, 2.45) is 0 Å². The van der Waals surface area contributed by atoms with Crippen LogP contribution < -0.4 is 10.1 Å². The number of ether oxygens (including phenoxy) is 1. The fraction of sp³-hybridized carbons (Fsp3) is 0.103. The van der Waals surface area contributed by atoms with E-state index < -0.39 is 5.91 Å². The number of carbonyl (C=O) groups excluding carboxylic acids is 1. The van der Waals surface area contributed by atoms with Gasteiger partial charge in [-0.15, -0.1) is 0 Å². The molecule has 0 aliphatic rings. The molecule has 1 N–H and O–H groups in total. The Morgan fingerprint density at radius 2 is 1.83 bits per heavy atom. The van der Waals surface area contributed by atoms with E-state index in [4.69, 9.17) is 4.74 Å². The number of carbonyl (C=O) groups is 1. The number of rotatable bonds is 6. The van der Waals surface area contributed by atoms with Gasteiger partial charge in [0, 0.05) is 5.69 Å². The Labute approximate surface area is 226 Å². The molecule has 4 nitrogen and oxygen atoms in total. The number of benzene rings is 4. The Morgan fingerprint density at radius 1 is 1.06 bits per heavy atom. The molecule has 0 fully saturated rings. The van der Waals surface area contributed by atoms with Gasteiger partial charge in [-0.05, 0) is 116 Å². The maximum atomic E-state index is 12.8. The summed E-state index contributed by atoms with van der Waals surface area (Å²) in [6, 6.07) is 26.1. The van der Waals surface area contributed by atoms with Gasteiger partial charge < -0.3 is 10.1 Å². The van der Waals surface area contributed by atoms with Crippen molar-refractivity contribution in [3.8, 4) is 11.8 Å². The van der Waals surface area contributed by atoms with Crippen molar-refractivity contribution in [2.75, 3.05) is 5.32 Å². The van der Waals surface area contributed by atoms with Crippen LogP contribution in [-0.2, 0) is 11.4 Å². The topological polar surface area (TPSA) is 62.1 Å². The van der Waals surface area contributed by atoms with Gasteiger partial charge in [-0.1, -0.05) is 48.5 Å². The van der Waals surface area contributed by atoms with Crippen molar-refractivity contribution >= 4 is 67.0 Å². The monoisotopic (exact) mass is 636 g/mol. The van der Waals surface area contributed by atoms with Gasteiger partial charge in [-0.3, -0.25) is 4.79 Å². The van der Waals surface area contributed by atoms with Gasteiger partial charge in [-0.2, -0.15) is 5.26 Å². The highest BCUT2D eigenvalue weighted by molar-refractivity contribution is 14.1. The Kier molecular flexibility index (Phi) is 7.89. The highest BCUT2D eigenvalue weighted by Crippen LogP contribution is 2.33. The third kappa shape index (κ3) is 6.11. The van der Waals surface area contributed by atoms with Crippen LogP contribution in [0.25, 0.3) is 16.8 Å². The minimum absolute atomic E-state index is 0.0263. The Morgan fingerprint density at radius 3 is 2.57 bits per heavy atom. The molecule has 0 heterocycles. The van der Waals surface area contributed by atoms with E-state index in [0.29, 0.717) is 18.0 Å². The fourth-order valence-corrected chi connectivity index (χ4v) is 5.43. The van der Waals surface area contributed by atoms with Gasteiger partial charge in [0.05, 0.1) is 8.04 Å². The smallest absolute Gasteiger partial charge is 0.266 e. The van der Waals surface area contributed by atoms with Crippen molar-refractivity contribution < 1.29 is 9.53 Å². The lowest BCUT2D eigenvalue weighted by Crippen LogP contribution is -2.14. The number of aryl methyl sites for hydroxylation is 2. The van der Waals surface area contributed by atoms with Crippen LogP contribution in [0.4, 0.5) is 5.69 Å². The summed E-state index contributed by atoms with van der Waals surface area (Å²) in [5.41, 5.74) is 4.50. The number of anilines is 1. The molecule has 0 aliphatic heterocycles. The first kappa shape index (κ1) is 25.0. The average Bonchev–Trinajstić information content (AvgIpc) is 2.84. The maximum absolute atomic E-state index is 12.8. The maximum Gasteiger partial charge on any atom is 0.266 e. The van der Waals surface area contributed by atoms with E-state index in [1.54, 1.807) is 6.08 Å². The highest BCUT2D eigenvalue weighted by Gasteiger charge is 2.14. The Balaban J connectivity index is 1.51. The summed E-state index contributed by atoms with van der Waals surface area (Å²) in [6.45, 7) is 4.30. The zero-order valence-corrected chi connectivity index (χ0v) is 23.0. The van der Waals surface area contributed by atoms with Crippen LogP contribution in [0.3, 0.4) is 0 Å². The van der Waals surface area contributed by atoms with E-state index in [-0.39, 0.29) is 5.57 Å². The van der Waals surface area contributed by atoms with Crippen LogP contribution in [0.2, 0.25) is 0 Å². The van der Waals surface area contributed by atoms with Gasteiger partial charge in [-0.25, -0.2) is 0 Å². The Bertz CT molecular complexity index is 1480. The minimum Gasteiger partial charge on any atom is -0.487 e. The molecule has 35 heavy (non-hydrogen) atoms. The van der Waals surface area contributed by atoms with Crippen molar-refractivity contribution in [2.45, 2.75) is 20.5 Å². The molecule has 1 amide bonds. The molecular weight excluding hydrogens is 615 g/mol. The Hall–Kier alpha value is -3.15. The number of hydrogen-bond acceptors (Lipinski definition) is 3. The molecule has 0 saturated carbocycles. The summed E-state index contributed by atoms with van der Waals surface area (Å²) in [4.78, 5) is 12.8. The number of nitrogens with one attached hydrogen (secondary N) is 1. The van der Waals surface area contributed by atoms with E-state index in [2.05, 4.69) is 74.2 Å². The minimum atomic E-state index is -0.441. The molecule has 0 aromatic heterocycles. The summed E-state index contributed by atoms with van der Waals surface area (Å²) < 4.78 is 7.75. The quantitative estimate of drug-likeness (QED) is 0.133. The molecule has 0 bridgehead atoms. The van der Waals surface area contributed by atoms with Gasteiger partial charge in [0.1, 0.15) is 24.0 Å². The molecule has 0 spiro atoms. The van der Waals surface area contributed by atoms with Crippen molar-refractivity contribution in [1.82, 2.24) is 0 Å². The SMILES string of the molecule is Cc1ccc(C)c(NC(=O)/C(C#N)=C/c2cc(Br)c(OCc3ccc4ccccc4c3)c(I)c2)c1. The molecule has 4 aromatic carbocycles. The second-order valence-corrected chi connectivity index (χ2v) is 10.2. The lowest BCUT2D eigenvalue weighted by molar-refractivity contribution is -0.112. The molecule has 174 valence electrons. The van der Waals surface area contributed by atoms with Crippen LogP contribution in [-0.4, -0.2) is 5.91 Å². The molecular formula is C29H22BrIN2O2. The summed E-state index contributed by atoms with van der Waals surface area (Å²) in [5, 5.41) is 14.8. The lowest BCUT2D eigenvalue weighted by Gasteiger charge is -2.12. The molecule has 4 aromatic rings. The lowest BCUT2D eigenvalue weighted by atomic mass is 10.1. The van der Waals surface area contributed by atoms with Crippen molar-refractivity contribution in [3.05, 3.63) is 109 Å². The van der Waals surface area contributed by atoms with Crippen LogP contribution in [0, 0.1) is 28.7 Å². The summed E-state index contributed by atoms with van der Waals surface area (Å²) in [6.07, 6.45) is 1.58. The first-order chi connectivity index (χ1) is 16.8. The third-order valence-electron chi connectivity index (χ3n) is 5.54. The standard InChI is InChI=1S/C29H22BrIN2O2/c1-18-7-8-19(2)27(11-18)33-29(34)24(16-32)13-21-14-25(30)28(26(31)15-21)35-17-20-9-10-22-5-3-4-6-23(22)12-20/h3-15H,17H2,1-2H3,(H,33,34)/b24-13+. The van der Waals surface area contributed by atoms with Crippen LogP contribution >= 0.6 is 38.5 Å².